The SMILES string of the molecule is CC(C)C(C)N(C)C(CN)c1ccc(Cl)c(F)c1. The fraction of sp³-hybridized carbons (Fsp3) is 0.571. The van der Waals surface area contributed by atoms with Gasteiger partial charge in [0, 0.05) is 18.6 Å². The predicted molar refractivity (Wildman–Crippen MR) is 75.3 cm³/mol. The van der Waals surface area contributed by atoms with Crippen molar-refractivity contribution in [2.75, 3.05) is 13.6 Å². The molecule has 1 aromatic carbocycles. The highest BCUT2D eigenvalue weighted by Crippen LogP contribution is 2.26. The van der Waals surface area contributed by atoms with Gasteiger partial charge in [0.05, 0.1) is 5.02 Å². The molecule has 0 saturated carbocycles. The fourth-order valence-electron chi connectivity index (χ4n) is 2.01. The molecular weight excluding hydrogens is 251 g/mol. The molecule has 2 unspecified atom stereocenters. The Morgan fingerprint density at radius 3 is 2.39 bits per heavy atom. The molecule has 0 saturated heterocycles. The Labute approximate surface area is 114 Å². The summed E-state index contributed by atoms with van der Waals surface area (Å²) in [7, 11) is 2.02. The predicted octanol–water partition coefficient (Wildman–Crippen LogP) is 3.46. The van der Waals surface area contributed by atoms with E-state index < -0.39 is 5.82 Å². The molecule has 2 atom stereocenters. The average Bonchev–Trinajstić information content (AvgIpc) is 2.33. The van der Waals surface area contributed by atoms with Crippen molar-refractivity contribution in [3.8, 4) is 0 Å². The lowest BCUT2D eigenvalue weighted by Crippen LogP contribution is -2.39. The highest BCUT2D eigenvalue weighted by Gasteiger charge is 2.22. The number of hydrogen-bond acceptors (Lipinski definition) is 2. The van der Waals surface area contributed by atoms with Gasteiger partial charge in [0.25, 0.3) is 0 Å². The van der Waals surface area contributed by atoms with Crippen LogP contribution in [0, 0.1) is 11.7 Å². The van der Waals surface area contributed by atoms with Crippen LogP contribution in [-0.4, -0.2) is 24.5 Å². The van der Waals surface area contributed by atoms with Crippen LogP contribution in [0.4, 0.5) is 4.39 Å². The molecule has 18 heavy (non-hydrogen) atoms. The minimum Gasteiger partial charge on any atom is -0.329 e. The number of rotatable bonds is 5. The Hall–Kier alpha value is -0.640. The van der Waals surface area contributed by atoms with Crippen LogP contribution in [0.15, 0.2) is 18.2 Å². The summed E-state index contributed by atoms with van der Waals surface area (Å²) in [4.78, 5) is 2.19. The van der Waals surface area contributed by atoms with E-state index in [-0.39, 0.29) is 11.1 Å². The zero-order chi connectivity index (χ0) is 13.9. The van der Waals surface area contributed by atoms with Gasteiger partial charge in [-0.05, 0) is 37.6 Å². The van der Waals surface area contributed by atoms with Crippen LogP contribution < -0.4 is 5.73 Å². The molecule has 2 N–H and O–H groups in total. The molecule has 0 aliphatic rings. The van der Waals surface area contributed by atoms with E-state index in [4.69, 9.17) is 17.3 Å². The molecular formula is C14H22ClFN2. The van der Waals surface area contributed by atoms with E-state index in [0.29, 0.717) is 18.5 Å². The van der Waals surface area contributed by atoms with Gasteiger partial charge in [-0.3, -0.25) is 4.90 Å². The van der Waals surface area contributed by atoms with Crippen LogP contribution in [0.1, 0.15) is 32.4 Å². The van der Waals surface area contributed by atoms with Gasteiger partial charge in [0.15, 0.2) is 0 Å². The Bertz CT molecular complexity index is 395. The second kappa shape index (κ2) is 6.50. The zero-order valence-electron chi connectivity index (χ0n) is 11.5. The van der Waals surface area contributed by atoms with Gasteiger partial charge >= 0.3 is 0 Å². The number of hydrogen-bond donors (Lipinski definition) is 1. The molecule has 0 aromatic heterocycles. The Balaban J connectivity index is 2.98. The molecule has 0 fully saturated rings. The summed E-state index contributed by atoms with van der Waals surface area (Å²) in [6.07, 6.45) is 0. The largest absolute Gasteiger partial charge is 0.329 e. The molecule has 0 aliphatic carbocycles. The third-order valence-corrected chi connectivity index (χ3v) is 3.96. The lowest BCUT2D eigenvalue weighted by atomic mass is 9.99. The van der Waals surface area contributed by atoms with E-state index in [9.17, 15) is 4.39 Å². The molecule has 0 radical (unpaired) electrons. The maximum absolute atomic E-state index is 13.5. The van der Waals surface area contributed by atoms with Crippen molar-refractivity contribution >= 4 is 11.6 Å². The summed E-state index contributed by atoms with van der Waals surface area (Å²) in [5.74, 6) is 0.124. The van der Waals surface area contributed by atoms with Gasteiger partial charge in [0.1, 0.15) is 5.82 Å². The van der Waals surface area contributed by atoms with Crippen molar-refractivity contribution < 1.29 is 4.39 Å². The van der Waals surface area contributed by atoms with Gasteiger partial charge in [-0.15, -0.1) is 0 Å². The number of benzene rings is 1. The van der Waals surface area contributed by atoms with Crippen LogP contribution in [0.25, 0.3) is 0 Å². The normalized spacial score (nSPS) is 15.2. The number of halogens is 2. The third-order valence-electron chi connectivity index (χ3n) is 3.65. The van der Waals surface area contributed by atoms with Gasteiger partial charge in [-0.25, -0.2) is 4.39 Å². The topological polar surface area (TPSA) is 29.3 Å². The van der Waals surface area contributed by atoms with E-state index in [1.54, 1.807) is 6.07 Å². The number of nitrogens with two attached hydrogens (primary N) is 1. The molecule has 0 bridgehead atoms. The third kappa shape index (κ3) is 3.44. The second-order valence-corrected chi connectivity index (χ2v) is 5.48. The van der Waals surface area contributed by atoms with E-state index in [2.05, 4.69) is 25.7 Å². The maximum atomic E-state index is 13.5. The van der Waals surface area contributed by atoms with E-state index >= 15 is 0 Å². The van der Waals surface area contributed by atoms with Crippen molar-refractivity contribution in [2.45, 2.75) is 32.9 Å². The number of nitrogens with zero attached hydrogens (tertiary/aromatic N) is 1. The minimum absolute atomic E-state index is 0.00849. The van der Waals surface area contributed by atoms with Crippen molar-refractivity contribution in [1.29, 1.82) is 0 Å². The summed E-state index contributed by atoms with van der Waals surface area (Å²) >= 11 is 5.70. The van der Waals surface area contributed by atoms with Gasteiger partial charge in [-0.2, -0.15) is 0 Å². The smallest absolute Gasteiger partial charge is 0.142 e. The minimum atomic E-state index is -0.391. The van der Waals surface area contributed by atoms with E-state index in [0.717, 1.165) is 5.56 Å². The first kappa shape index (κ1) is 15.4. The Morgan fingerprint density at radius 1 is 1.33 bits per heavy atom. The quantitative estimate of drug-likeness (QED) is 0.890. The van der Waals surface area contributed by atoms with Crippen LogP contribution in [0.5, 0.6) is 0 Å². The molecule has 0 amide bonds. The molecule has 1 rings (SSSR count). The van der Waals surface area contributed by atoms with E-state index in [1.165, 1.54) is 6.07 Å². The summed E-state index contributed by atoms with van der Waals surface area (Å²) in [5.41, 5.74) is 6.70. The van der Waals surface area contributed by atoms with Crippen LogP contribution in [0.2, 0.25) is 5.02 Å². The van der Waals surface area contributed by atoms with E-state index in [1.807, 2.05) is 13.1 Å². The Kier molecular flexibility index (Phi) is 5.57. The molecule has 2 nitrogen and oxygen atoms in total. The summed E-state index contributed by atoms with van der Waals surface area (Å²) in [5, 5.41) is 0.147. The first-order chi connectivity index (χ1) is 8.38. The monoisotopic (exact) mass is 272 g/mol. The van der Waals surface area contributed by atoms with Crippen LogP contribution in [-0.2, 0) is 0 Å². The fourth-order valence-corrected chi connectivity index (χ4v) is 2.13. The summed E-state index contributed by atoms with van der Waals surface area (Å²) in [6, 6.07) is 5.28. The molecule has 0 heterocycles. The van der Waals surface area contributed by atoms with Crippen LogP contribution >= 0.6 is 11.6 Å². The molecule has 1 aromatic rings. The maximum Gasteiger partial charge on any atom is 0.142 e. The summed E-state index contributed by atoms with van der Waals surface area (Å²) in [6.45, 7) is 6.93. The van der Waals surface area contributed by atoms with Crippen molar-refractivity contribution in [3.63, 3.8) is 0 Å². The lowest BCUT2D eigenvalue weighted by Gasteiger charge is -2.35. The molecule has 0 aliphatic heterocycles. The first-order valence-corrected chi connectivity index (χ1v) is 6.63. The average molecular weight is 273 g/mol. The zero-order valence-corrected chi connectivity index (χ0v) is 12.2. The Morgan fingerprint density at radius 2 is 1.94 bits per heavy atom. The van der Waals surface area contributed by atoms with Crippen molar-refractivity contribution in [2.24, 2.45) is 11.7 Å². The lowest BCUT2D eigenvalue weighted by molar-refractivity contribution is 0.151. The molecule has 0 spiro atoms. The van der Waals surface area contributed by atoms with Crippen LogP contribution in [0.3, 0.4) is 0 Å². The number of likely N-dealkylation sites (N-methyl/N-ethyl adjacent to an activating group) is 1. The van der Waals surface area contributed by atoms with Gasteiger partial charge < -0.3 is 5.73 Å². The standard InChI is InChI=1S/C14H22ClFN2/c1-9(2)10(3)18(4)14(8-17)11-5-6-12(15)13(16)7-11/h5-7,9-10,14H,8,17H2,1-4H3. The second-order valence-electron chi connectivity index (χ2n) is 5.08. The molecule has 102 valence electrons. The van der Waals surface area contributed by atoms with Crippen molar-refractivity contribution in [3.05, 3.63) is 34.6 Å². The van der Waals surface area contributed by atoms with Gasteiger partial charge in [0.2, 0.25) is 0 Å². The highest BCUT2D eigenvalue weighted by atomic mass is 35.5. The van der Waals surface area contributed by atoms with Crippen molar-refractivity contribution in [1.82, 2.24) is 4.90 Å². The highest BCUT2D eigenvalue weighted by molar-refractivity contribution is 6.30. The first-order valence-electron chi connectivity index (χ1n) is 6.25. The molecule has 4 heteroatoms. The summed E-state index contributed by atoms with van der Waals surface area (Å²) < 4.78 is 13.5. The van der Waals surface area contributed by atoms with Gasteiger partial charge in [-0.1, -0.05) is 31.5 Å².